The molecule has 5 heteroatoms. The van der Waals surface area contributed by atoms with E-state index < -0.39 is 11.5 Å². The maximum atomic E-state index is 12.0. The van der Waals surface area contributed by atoms with E-state index in [4.69, 9.17) is 5.11 Å². The lowest BCUT2D eigenvalue weighted by Gasteiger charge is -2.31. The van der Waals surface area contributed by atoms with Gasteiger partial charge in [0, 0.05) is 18.9 Å². The van der Waals surface area contributed by atoms with Gasteiger partial charge < -0.3 is 10.0 Å². The average Bonchev–Trinajstić information content (AvgIpc) is 2.30. The van der Waals surface area contributed by atoms with Gasteiger partial charge >= 0.3 is 5.97 Å². The summed E-state index contributed by atoms with van der Waals surface area (Å²) >= 11 is 0. The molecule has 0 radical (unpaired) electrons. The van der Waals surface area contributed by atoms with Gasteiger partial charge in [-0.25, -0.2) is 4.79 Å². The zero-order chi connectivity index (χ0) is 13.9. The summed E-state index contributed by atoms with van der Waals surface area (Å²) in [6, 6.07) is 3.65. The number of likely N-dealkylation sites (N-methyl/N-ethyl adjacent to an activating group) is 1. The number of carbonyl (C=O) groups is 2. The fourth-order valence-electron chi connectivity index (χ4n) is 1.35. The summed E-state index contributed by atoms with van der Waals surface area (Å²) in [6.07, 6.45) is 1.79. The number of aromatic nitrogens is 1. The molecule has 0 aliphatic rings. The van der Waals surface area contributed by atoms with Crippen LogP contribution in [-0.4, -0.2) is 39.5 Å². The number of nitrogens with zero attached hydrogens (tertiary/aromatic N) is 2. The van der Waals surface area contributed by atoms with Crippen molar-refractivity contribution in [1.82, 2.24) is 9.88 Å². The Bertz CT molecular complexity index is 452. The molecule has 1 aromatic rings. The van der Waals surface area contributed by atoms with Crippen LogP contribution in [0.4, 0.5) is 0 Å². The summed E-state index contributed by atoms with van der Waals surface area (Å²) < 4.78 is 0. The lowest BCUT2D eigenvalue weighted by Crippen LogP contribution is -2.51. The number of hydrogen-bond acceptors (Lipinski definition) is 3. The van der Waals surface area contributed by atoms with E-state index in [2.05, 4.69) is 4.98 Å². The quantitative estimate of drug-likeness (QED) is 0.873. The molecule has 1 rings (SSSR count). The Balaban J connectivity index is 2.77. The Kier molecular flexibility index (Phi) is 4.06. The molecular formula is C13H18N2O3. The summed E-state index contributed by atoms with van der Waals surface area (Å²) in [7, 11) is 1.50. The van der Waals surface area contributed by atoms with Crippen LogP contribution in [0.2, 0.25) is 0 Å². The molecule has 1 N–H and O–H groups in total. The summed E-state index contributed by atoms with van der Waals surface area (Å²) in [6.45, 7) is 4.87. The van der Waals surface area contributed by atoms with Crippen LogP contribution in [0, 0.1) is 6.92 Å². The van der Waals surface area contributed by atoms with Gasteiger partial charge in [-0.3, -0.25) is 9.78 Å². The van der Waals surface area contributed by atoms with Crippen molar-refractivity contribution in [2.24, 2.45) is 0 Å². The standard InChI is InChI=1S/C13H18N2O3/c1-9-5-6-10(8-14-9)7-11(16)15(4)13(2,3)12(17)18/h5-6,8H,7H2,1-4H3,(H,17,18). The van der Waals surface area contributed by atoms with Gasteiger partial charge in [0.25, 0.3) is 0 Å². The summed E-state index contributed by atoms with van der Waals surface area (Å²) in [4.78, 5) is 28.4. The van der Waals surface area contributed by atoms with Crippen LogP contribution in [0.15, 0.2) is 18.3 Å². The van der Waals surface area contributed by atoms with E-state index in [1.165, 1.54) is 25.8 Å². The lowest BCUT2D eigenvalue weighted by atomic mass is 10.0. The Labute approximate surface area is 106 Å². The largest absolute Gasteiger partial charge is 0.480 e. The predicted octanol–water partition coefficient (Wildman–Crippen LogP) is 1.25. The van der Waals surface area contributed by atoms with Crippen molar-refractivity contribution in [3.8, 4) is 0 Å². The normalized spacial score (nSPS) is 11.1. The molecule has 0 spiro atoms. The first-order valence-electron chi connectivity index (χ1n) is 5.66. The molecule has 5 nitrogen and oxygen atoms in total. The van der Waals surface area contributed by atoms with E-state index in [9.17, 15) is 9.59 Å². The molecule has 0 bridgehead atoms. The van der Waals surface area contributed by atoms with E-state index in [0.717, 1.165) is 11.3 Å². The molecule has 1 aromatic heterocycles. The number of amides is 1. The number of rotatable bonds is 4. The fraction of sp³-hybridized carbons (Fsp3) is 0.462. The van der Waals surface area contributed by atoms with Crippen LogP contribution >= 0.6 is 0 Å². The third-order valence-electron chi connectivity index (χ3n) is 3.06. The van der Waals surface area contributed by atoms with Crippen LogP contribution < -0.4 is 0 Å². The maximum Gasteiger partial charge on any atom is 0.329 e. The Hall–Kier alpha value is -1.91. The first kappa shape index (κ1) is 14.2. The van der Waals surface area contributed by atoms with E-state index in [1.807, 2.05) is 19.1 Å². The number of hydrogen-bond donors (Lipinski definition) is 1. The van der Waals surface area contributed by atoms with Crippen molar-refractivity contribution in [2.45, 2.75) is 32.7 Å². The van der Waals surface area contributed by atoms with E-state index >= 15 is 0 Å². The van der Waals surface area contributed by atoms with Gasteiger partial charge in [0.05, 0.1) is 6.42 Å². The van der Waals surface area contributed by atoms with E-state index in [0.29, 0.717) is 0 Å². The molecule has 1 heterocycles. The van der Waals surface area contributed by atoms with Gasteiger partial charge in [-0.2, -0.15) is 0 Å². The van der Waals surface area contributed by atoms with Crippen molar-refractivity contribution in [2.75, 3.05) is 7.05 Å². The Morgan fingerprint density at radius 3 is 2.44 bits per heavy atom. The molecule has 0 saturated heterocycles. The first-order valence-corrected chi connectivity index (χ1v) is 5.66. The SMILES string of the molecule is Cc1ccc(CC(=O)N(C)C(C)(C)C(=O)O)cn1. The highest BCUT2D eigenvalue weighted by Crippen LogP contribution is 2.14. The molecule has 0 atom stereocenters. The third kappa shape index (κ3) is 3.06. The minimum Gasteiger partial charge on any atom is -0.480 e. The molecule has 98 valence electrons. The predicted molar refractivity (Wildman–Crippen MR) is 67.2 cm³/mol. The second-order valence-electron chi connectivity index (χ2n) is 4.80. The molecule has 0 unspecified atom stereocenters. The summed E-state index contributed by atoms with van der Waals surface area (Å²) in [5.41, 5.74) is 0.443. The zero-order valence-electron chi connectivity index (χ0n) is 11.1. The maximum absolute atomic E-state index is 12.0. The molecular weight excluding hydrogens is 232 g/mol. The van der Waals surface area contributed by atoms with Crippen molar-refractivity contribution in [1.29, 1.82) is 0 Å². The molecule has 0 aliphatic carbocycles. The highest BCUT2D eigenvalue weighted by atomic mass is 16.4. The Morgan fingerprint density at radius 1 is 1.39 bits per heavy atom. The second kappa shape index (κ2) is 5.16. The molecule has 0 fully saturated rings. The molecule has 0 aliphatic heterocycles. The molecule has 0 saturated carbocycles. The van der Waals surface area contributed by atoms with Crippen LogP contribution in [0.5, 0.6) is 0 Å². The lowest BCUT2D eigenvalue weighted by molar-refractivity contribution is -0.155. The number of aliphatic carboxylic acids is 1. The number of aryl methyl sites for hydroxylation is 1. The molecule has 18 heavy (non-hydrogen) atoms. The van der Waals surface area contributed by atoms with Gasteiger partial charge in [-0.1, -0.05) is 6.07 Å². The van der Waals surface area contributed by atoms with Gasteiger partial charge in [-0.15, -0.1) is 0 Å². The van der Waals surface area contributed by atoms with Crippen LogP contribution in [0.1, 0.15) is 25.1 Å². The van der Waals surface area contributed by atoms with E-state index in [1.54, 1.807) is 6.20 Å². The number of carbonyl (C=O) groups excluding carboxylic acids is 1. The van der Waals surface area contributed by atoms with Gasteiger partial charge in [-0.05, 0) is 32.4 Å². The topological polar surface area (TPSA) is 70.5 Å². The van der Waals surface area contributed by atoms with Crippen molar-refractivity contribution < 1.29 is 14.7 Å². The average molecular weight is 250 g/mol. The highest BCUT2D eigenvalue weighted by molar-refractivity contribution is 5.87. The third-order valence-corrected chi connectivity index (χ3v) is 3.06. The summed E-state index contributed by atoms with van der Waals surface area (Å²) in [5, 5.41) is 9.06. The zero-order valence-corrected chi connectivity index (χ0v) is 11.1. The molecule has 1 amide bonds. The van der Waals surface area contributed by atoms with Crippen molar-refractivity contribution in [3.63, 3.8) is 0 Å². The minimum atomic E-state index is -1.21. The van der Waals surface area contributed by atoms with Crippen LogP contribution in [-0.2, 0) is 16.0 Å². The van der Waals surface area contributed by atoms with E-state index in [-0.39, 0.29) is 12.3 Å². The number of carboxylic acids is 1. The fourth-order valence-corrected chi connectivity index (χ4v) is 1.35. The monoisotopic (exact) mass is 250 g/mol. The highest BCUT2D eigenvalue weighted by Gasteiger charge is 2.34. The minimum absolute atomic E-state index is 0.153. The first-order chi connectivity index (χ1) is 8.25. The smallest absolute Gasteiger partial charge is 0.329 e. The molecule has 0 aromatic carbocycles. The number of carboxylic acid groups (broad SMARTS) is 1. The van der Waals surface area contributed by atoms with Crippen LogP contribution in [0.3, 0.4) is 0 Å². The second-order valence-corrected chi connectivity index (χ2v) is 4.80. The summed E-state index contributed by atoms with van der Waals surface area (Å²) in [5.74, 6) is -1.27. The van der Waals surface area contributed by atoms with Crippen molar-refractivity contribution in [3.05, 3.63) is 29.6 Å². The Morgan fingerprint density at radius 2 is 2.00 bits per heavy atom. The van der Waals surface area contributed by atoms with Gasteiger partial charge in [0.15, 0.2) is 0 Å². The van der Waals surface area contributed by atoms with Crippen LogP contribution in [0.25, 0.3) is 0 Å². The van der Waals surface area contributed by atoms with Crippen molar-refractivity contribution >= 4 is 11.9 Å². The number of pyridine rings is 1. The van der Waals surface area contributed by atoms with Gasteiger partial charge in [0.1, 0.15) is 5.54 Å². The van der Waals surface area contributed by atoms with Gasteiger partial charge in [0.2, 0.25) is 5.91 Å².